The molecule has 2 fully saturated rings. The fourth-order valence-electron chi connectivity index (χ4n) is 3.70. The molecule has 1 aromatic carbocycles. The van der Waals surface area contributed by atoms with Crippen molar-refractivity contribution in [2.24, 2.45) is 22.7 Å². The van der Waals surface area contributed by atoms with Crippen LogP contribution in [0.5, 0.6) is 0 Å². The van der Waals surface area contributed by atoms with Gasteiger partial charge in [0.05, 0.1) is 0 Å². The summed E-state index contributed by atoms with van der Waals surface area (Å²) in [5.74, 6) is 1.25. The first-order chi connectivity index (χ1) is 9.65. The molecule has 0 spiro atoms. The lowest BCUT2D eigenvalue weighted by Gasteiger charge is -2.23. The number of fused-ring (bicyclic) bond motifs is 2. The van der Waals surface area contributed by atoms with Gasteiger partial charge in [-0.05, 0) is 54.9 Å². The number of rotatable bonds is 4. The molecule has 20 heavy (non-hydrogen) atoms. The third-order valence-corrected chi connectivity index (χ3v) is 4.67. The molecule has 0 heterocycles. The van der Waals surface area contributed by atoms with E-state index in [9.17, 15) is 4.39 Å². The highest BCUT2D eigenvalue weighted by Gasteiger charge is 2.38. The first-order valence-corrected chi connectivity index (χ1v) is 7.16. The number of nitrogens with one attached hydrogen (secondary N) is 1. The summed E-state index contributed by atoms with van der Waals surface area (Å²) in [5, 5.41) is 15.1. The van der Waals surface area contributed by atoms with Crippen LogP contribution >= 0.6 is 0 Å². The maximum Gasteiger partial charge on any atom is 0.170 e. The number of amidine groups is 1. The van der Waals surface area contributed by atoms with Crippen molar-refractivity contribution in [3.05, 3.63) is 35.1 Å². The molecule has 5 heteroatoms. The van der Waals surface area contributed by atoms with Crippen LogP contribution in [0.4, 0.5) is 4.39 Å². The van der Waals surface area contributed by atoms with Crippen LogP contribution in [-0.4, -0.2) is 17.1 Å². The number of benzene rings is 1. The number of nitrogens with two attached hydrogens (primary N) is 1. The summed E-state index contributed by atoms with van der Waals surface area (Å²) in [7, 11) is 0. The van der Waals surface area contributed by atoms with Crippen molar-refractivity contribution < 1.29 is 9.60 Å². The minimum Gasteiger partial charge on any atom is -0.409 e. The predicted octanol–water partition coefficient (Wildman–Crippen LogP) is 2.20. The lowest BCUT2D eigenvalue weighted by atomic mass is 9.95. The zero-order chi connectivity index (χ0) is 14.1. The fraction of sp³-hybridized carbons (Fsp3) is 0.533. The van der Waals surface area contributed by atoms with E-state index in [1.54, 1.807) is 6.07 Å². The van der Waals surface area contributed by atoms with Gasteiger partial charge >= 0.3 is 0 Å². The topological polar surface area (TPSA) is 70.6 Å². The van der Waals surface area contributed by atoms with E-state index in [-0.39, 0.29) is 11.7 Å². The van der Waals surface area contributed by atoms with Crippen molar-refractivity contribution in [1.29, 1.82) is 0 Å². The monoisotopic (exact) mass is 277 g/mol. The Bertz CT molecular complexity index is 532. The van der Waals surface area contributed by atoms with Gasteiger partial charge in [-0.3, -0.25) is 0 Å². The van der Waals surface area contributed by atoms with Crippen LogP contribution in [0.3, 0.4) is 0 Å². The van der Waals surface area contributed by atoms with Crippen LogP contribution in [0.15, 0.2) is 23.4 Å². The lowest BCUT2D eigenvalue weighted by Crippen LogP contribution is -2.33. The van der Waals surface area contributed by atoms with Crippen LogP contribution in [0.2, 0.25) is 0 Å². The van der Waals surface area contributed by atoms with Gasteiger partial charge in [-0.1, -0.05) is 11.6 Å². The Kier molecular flexibility index (Phi) is 3.61. The molecule has 3 atom stereocenters. The zero-order valence-corrected chi connectivity index (χ0v) is 11.3. The van der Waals surface area contributed by atoms with Gasteiger partial charge in [0.25, 0.3) is 0 Å². The summed E-state index contributed by atoms with van der Waals surface area (Å²) in [4.78, 5) is 0. The standard InChI is InChI=1S/C15H20FN3O/c16-13-5-10(4-12(7-13)15(17)19-20)8-18-14-6-9-1-2-11(14)3-9/h4-5,7,9,11,14,18,20H,1-3,6,8H2,(H2,17,19). The van der Waals surface area contributed by atoms with E-state index in [1.165, 1.54) is 37.8 Å². The Balaban J connectivity index is 1.66. The molecule has 0 saturated heterocycles. The minimum atomic E-state index is -0.362. The Morgan fingerprint density at radius 2 is 2.20 bits per heavy atom. The molecule has 2 bridgehead atoms. The van der Waals surface area contributed by atoms with Crippen molar-refractivity contribution in [2.75, 3.05) is 0 Å². The average molecular weight is 277 g/mol. The SMILES string of the molecule is N/C(=N/O)c1cc(F)cc(CNC2CC3CCC2C3)c1. The molecular formula is C15H20FN3O. The van der Waals surface area contributed by atoms with E-state index in [2.05, 4.69) is 10.5 Å². The maximum absolute atomic E-state index is 13.6. The van der Waals surface area contributed by atoms with Crippen molar-refractivity contribution in [3.63, 3.8) is 0 Å². The fourth-order valence-corrected chi connectivity index (χ4v) is 3.70. The molecule has 2 aliphatic rings. The van der Waals surface area contributed by atoms with Gasteiger partial charge in [0, 0.05) is 18.2 Å². The highest BCUT2D eigenvalue weighted by atomic mass is 19.1. The third kappa shape index (κ3) is 2.63. The second-order valence-electron chi connectivity index (χ2n) is 6.00. The quantitative estimate of drug-likeness (QED) is 0.342. The Hall–Kier alpha value is -1.62. The van der Waals surface area contributed by atoms with Gasteiger partial charge < -0.3 is 16.3 Å². The van der Waals surface area contributed by atoms with Crippen LogP contribution in [-0.2, 0) is 6.54 Å². The van der Waals surface area contributed by atoms with E-state index >= 15 is 0 Å². The van der Waals surface area contributed by atoms with E-state index in [4.69, 9.17) is 10.9 Å². The molecule has 108 valence electrons. The van der Waals surface area contributed by atoms with Gasteiger partial charge in [-0.15, -0.1) is 0 Å². The second-order valence-corrected chi connectivity index (χ2v) is 6.00. The van der Waals surface area contributed by atoms with Crippen molar-refractivity contribution in [1.82, 2.24) is 5.32 Å². The molecule has 0 amide bonds. The summed E-state index contributed by atoms with van der Waals surface area (Å²) < 4.78 is 13.6. The van der Waals surface area contributed by atoms with Crippen molar-refractivity contribution in [2.45, 2.75) is 38.3 Å². The third-order valence-electron chi connectivity index (χ3n) is 4.67. The van der Waals surface area contributed by atoms with Gasteiger partial charge in [0.2, 0.25) is 0 Å². The average Bonchev–Trinajstić information content (AvgIpc) is 3.06. The van der Waals surface area contributed by atoms with E-state index < -0.39 is 0 Å². The molecule has 0 aromatic heterocycles. The smallest absolute Gasteiger partial charge is 0.170 e. The number of halogens is 1. The predicted molar refractivity (Wildman–Crippen MR) is 75.0 cm³/mol. The maximum atomic E-state index is 13.6. The summed E-state index contributed by atoms with van der Waals surface area (Å²) in [6, 6.07) is 5.09. The molecule has 0 aliphatic heterocycles. The zero-order valence-electron chi connectivity index (χ0n) is 11.3. The first kappa shape index (κ1) is 13.4. The summed E-state index contributed by atoms with van der Waals surface area (Å²) in [5.41, 5.74) is 6.75. The highest BCUT2D eigenvalue weighted by Crippen LogP contribution is 2.44. The molecule has 3 rings (SSSR count). The summed E-state index contributed by atoms with van der Waals surface area (Å²) in [6.45, 7) is 0.622. The van der Waals surface area contributed by atoms with Crippen LogP contribution in [0, 0.1) is 17.7 Å². The van der Waals surface area contributed by atoms with Crippen LogP contribution in [0.25, 0.3) is 0 Å². The molecule has 0 radical (unpaired) electrons. The number of hydrogen-bond acceptors (Lipinski definition) is 3. The molecule has 4 nitrogen and oxygen atoms in total. The molecule has 1 aromatic rings. The Morgan fingerprint density at radius 3 is 2.85 bits per heavy atom. The molecule has 3 unspecified atom stereocenters. The summed E-state index contributed by atoms with van der Waals surface area (Å²) >= 11 is 0. The van der Waals surface area contributed by atoms with Gasteiger partial charge in [0.15, 0.2) is 5.84 Å². The number of nitrogens with zero attached hydrogens (tertiary/aromatic N) is 1. The molecular weight excluding hydrogens is 257 g/mol. The largest absolute Gasteiger partial charge is 0.409 e. The van der Waals surface area contributed by atoms with Gasteiger partial charge in [-0.2, -0.15) is 0 Å². The van der Waals surface area contributed by atoms with Crippen molar-refractivity contribution >= 4 is 5.84 Å². The van der Waals surface area contributed by atoms with Crippen LogP contribution in [0.1, 0.15) is 36.8 Å². The second kappa shape index (κ2) is 5.40. The van der Waals surface area contributed by atoms with Gasteiger partial charge in [0.1, 0.15) is 5.82 Å². The van der Waals surface area contributed by atoms with Crippen molar-refractivity contribution in [3.8, 4) is 0 Å². The minimum absolute atomic E-state index is 0.0642. The molecule has 4 N–H and O–H groups in total. The van der Waals surface area contributed by atoms with Crippen LogP contribution < -0.4 is 11.1 Å². The highest BCUT2D eigenvalue weighted by molar-refractivity contribution is 5.97. The Labute approximate surface area is 117 Å². The number of hydrogen-bond donors (Lipinski definition) is 3. The number of oxime groups is 1. The summed E-state index contributed by atoms with van der Waals surface area (Å²) in [6.07, 6.45) is 5.28. The van der Waals surface area contributed by atoms with E-state index in [0.29, 0.717) is 18.2 Å². The Morgan fingerprint density at radius 1 is 1.35 bits per heavy atom. The normalized spacial score (nSPS) is 29.1. The van der Waals surface area contributed by atoms with E-state index in [0.717, 1.165) is 17.4 Å². The van der Waals surface area contributed by atoms with E-state index in [1.807, 2.05) is 0 Å². The lowest BCUT2D eigenvalue weighted by molar-refractivity contribution is 0.318. The molecule has 2 aliphatic carbocycles. The first-order valence-electron chi connectivity index (χ1n) is 7.16. The van der Waals surface area contributed by atoms with Gasteiger partial charge in [-0.25, -0.2) is 4.39 Å². The molecule has 2 saturated carbocycles.